The van der Waals surface area contributed by atoms with Crippen molar-refractivity contribution in [1.82, 2.24) is 0 Å². The Bertz CT molecular complexity index is 1240. The standard InChI is InChI=1S/C30H28F4/c1-2-3-4-5-6-7-21-8-18-28-25(20-21)15-19-27(29(28)31)24-11-9-22(10-12-24)23-13-16-26(17-14-23)30(32,33)34/h8-20H,2-7H2,1H3. The molecule has 0 radical (unpaired) electrons. The molecule has 4 rings (SSSR count). The van der Waals surface area contributed by atoms with Gasteiger partial charge in [-0.2, -0.15) is 13.2 Å². The van der Waals surface area contributed by atoms with Gasteiger partial charge in [0.2, 0.25) is 0 Å². The Labute approximate surface area is 198 Å². The maximum Gasteiger partial charge on any atom is 0.416 e. The van der Waals surface area contributed by atoms with Crippen molar-refractivity contribution in [2.24, 2.45) is 0 Å². The smallest absolute Gasteiger partial charge is 0.206 e. The van der Waals surface area contributed by atoms with Crippen molar-refractivity contribution in [3.05, 3.63) is 95.8 Å². The highest BCUT2D eigenvalue weighted by molar-refractivity contribution is 5.89. The maximum atomic E-state index is 15.4. The highest BCUT2D eigenvalue weighted by Crippen LogP contribution is 2.33. The third-order valence-electron chi connectivity index (χ3n) is 6.33. The maximum absolute atomic E-state index is 15.4. The average molecular weight is 465 g/mol. The van der Waals surface area contributed by atoms with E-state index in [0.29, 0.717) is 16.5 Å². The van der Waals surface area contributed by atoms with Crippen LogP contribution in [0.25, 0.3) is 33.0 Å². The van der Waals surface area contributed by atoms with E-state index in [0.717, 1.165) is 41.5 Å². The lowest BCUT2D eigenvalue weighted by Crippen LogP contribution is -2.03. The molecular weight excluding hydrogens is 436 g/mol. The summed E-state index contributed by atoms with van der Waals surface area (Å²) in [6.07, 6.45) is 2.80. The van der Waals surface area contributed by atoms with Crippen molar-refractivity contribution < 1.29 is 17.6 Å². The second kappa shape index (κ2) is 10.4. The number of alkyl halides is 3. The van der Waals surface area contributed by atoms with Gasteiger partial charge in [-0.15, -0.1) is 0 Å². The molecule has 176 valence electrons. The summed E-state index contributed by atoms with van der Waals surface area (Å²) in [7, 11) is 0. The molecule has 4 heteroatoms. The Morgan fingerprint density at radius 2 is 1.26 bits per heavy atom. The molecule has 0 unspecified atom stereocenters. The molecule has 34 heavy (non-hydrogen) atoms. The van der Waals surface area contributed by atoms with Crippen molar-refractivity contribution >= 4 is 10.8 Å². The van der Waals surface area contributed by atoms with Gasteiger partial charge in [-0.25, -0.2) is 4.39 Å². The summed E-state index contributed by atoms with van der Waals surface area (Å²) in [6.45, 7) is 2.21. The molecule has 0 fully saturated rings. The fraction of sp³-hybridized carbons (Fsp3) is 0.267. The summed E-state index contributed by atoms with van der Waals surface area (Å²) in [6, 6.07) is 22.0. The van der Waals surface area contributed by atoms with Crippen LogP contribution < -0.4 is 0 Å². The van der Waals surface area contributed by atoms with E-state index in [2.05, 4.69) is 13.0 Å². The monoisotopic (exact) mass is 464 g/mol. The number of hydrogen-bond acceptors (Lipinski definition) is 0. The fourth-order valence-electron chi connectivity index (χ4n) is 4.35. The summed E-state index contributed by atoms with van der Waals surface area (Å²) in [4.78, 5) is 0. The van der Waals surface area contributed by atoms with Gasteiger partial charge in [0.1, 0.15) is 5.82 Å². The first-order chi connectivity index (χ1) is 16.4. The van der Waals surface area contributed by atoms with Gasteiger partial charge >= 0.3 is 6.18 Å². The van der Waals surface area contributed by atoms with Crippen LogP contribution in [0.2, 0.25) is 0 Å². The molecule has 0 nitrogen and oxygen atoms in total. The first kappa shape index (κ1) is 24.0. The molecule has 0 amide bonds. The van der Waals surface area contributed by atoms with Crippen LogP contribution in [0.4, 0.5) is 17.6 Å². The first-order valence-corrected chi connectivity index (χ1v) is 11.9. The third kappa shape index (κ3) is 5.49. The minimum Gasteiger partial charge on any atom is -0.206 e. The average Bonchev–Trinajstić information content (AvgIpc) is 2.84. The highest BCUT2D eigenvalue weighted by Gasteiger charge is 2.29. The molecule has 4 aromatic rings. The predicted octanol–water partition coefficient (Wildman–Crippen LogP) is 9.84. The number of hydrogen-bond donors (Lipinski definition) is 0. The molecule has 0 aromatic heterocycles. The zero-order valence-electron chi connectivity index (χ0n) is 19.3. The van der Waals surface area contributed by atoms with E-state index in [9.17, 15) is 13.2 Å². The van der Waals surface area contributed by atoms with E-state index >= 15 is 4.39 Å². The van der Waals surface area contributed by atoms with E-state index in [1.165, 1.54) is 43.4 Å². The molecule has 4 aromatic carbocycles. The topological polar surface area (TPSA) is 0 Å². The van der Waals surface area contributed by atoms with Crippen molar-refractivity contribution in [2.75, 3.05) is 0 Å². The molecule has 0 saturated heterocycles. The number of benzene rings is 4. The highest BCUT2D eigenvalue weighted by atomic mass is 19.4. The molecular formula is C30H28F4. The normalized spacial score (nSPS) is 11.8. The van der Waals surface area contributed by atoms with Gasteiger partial charge in [0.05, 0.1) is 5.56 Å². The second-order valence-corrected chi connectivity index (χ2v) is 8.80. The van der Waals surface area contributed by atoms with Gasteiger partial charge < -0.3 is 0 Å². The number of aryl methyl sites for hydroxylation is 1. The van der Waals surface area contributed by atoms with Crippen molar-refractivity contribution in [2.45, 2.75) is 51.6 Å². The lowest BCUT2D eigenvalue weighted by atomic mass is 9.96. The van der Waals surface area contributed by atoms with Crippen LogP contribution in [0.15, 0.2) is 78.9 Å². The van der Waals surface area contributed by atoms with Crippen LogP contribution in [0, 0.1) is 5.82 Å². The zero-order chi connectivity index (χ0) is 24.1. The molecule has 0 N–H and O–H groups in total. The van der Waals surface area contributed by atoms with Gasteiger partial charge in [-0.1, -0.05) is 99.3 Å². The van der Waals surface area contributed by atoms with Gasteiger partial charge in [-0.3, -0.25) is 0 Å². The van der Waals surface area contributed by atoms with Gasteiger partial charge in [0, 0.05) is 10.9 Å². The van der Waals surface area contributed by atoms with Crippen molar-refractivity contribution in [3.63, 3.8) is 0 Å². The summed E-state index contributed by atoms with van der Waals surface area (Å²) in [5.74, 6) is -0.255. The van der Waals surface area contributed by atoms with Crippen LogP contribution in [0.1, 0.15) is 50.2 Å². The molecule has 0 spiro atoms. The molecule has 0 aliphatic rings. The predicted molar refractivity (Wildman–Crippen MR) is 132 cm³/mol. The Morgan fingerprint density at radius 1 is 0.647 bits per heavy atom. The second-order valence-electron chi connectivity index (χ2n) is 8.80. The SMILES string of the molecule is CCCCCCCc1ccc2c(F)c(-c3ccc(-c4ccc(C(F)(F)F)cc4)cc3)ccc2c1. The van der Waals surface area contributed by atoms with Crippen molar-refractivity contribution in [3.8, 4) is 22.3 Å². The summed E-state index contributed by atoms with van der Waals surface area (Å²) < 4.78 is 53.7. The lowest BCUT2D eigenvalue weighted by molar-refractivity contribution is -0.137. The quantitative estimate of drug-likeness (QED) is 0.180. The number of halogens is 4. The zero-order valence-corrected chi connectivity index (χ0v) is 19.3. The van der Waals surface area contributed by atoms with E-state index in [1.54, 1.807) is 6.07 Å². The molecule has 0 aliphatic heterocycles. The van der Waals surface area contributed by atoms with Crippen LogP contribution in [-0.4, -0.2) is 0 Å². The minimum absolute atomic E-state index is 0.255. The fourth-order valence-corrected chi connectivity index (χ4v) is 4.35. The summed E-state index contributed by atoms with van der Waals surface area (Å²) in [5, 5.41) is 1.49. The van der Waals surface area contributed by atoms with E-state index in [1.807, 2.05) is 42.5 Å². The van der Waals surface area contributed by atoms with Crippen LogP contribution in [0.3, 0.4) is 0 Å². The summed E-state index contributed by atoms with van der Waals surface area (Å²) >= 11 is 0. The Kier molecular flexibility index (Phi) is 7.35. The van der Waals surface area contributed by atoms with Gasteiger partial charge in [0.15, 0.2) is 0 Å². The number of fused-ring (bicyclic) bond motifs is 1. The first-order valence-electron chi connectivity index (χ1n) is 11.9. The van der Waals surface area contributed by atoms with Gasteiger partial charge in [-0.05, 0) is 52.6 Å². The Balaban J connectivity index is 1.51. The Morgan fingerprint density at radius 3 is 1.91 bits per heavy atom. The van der Waals surface area contributed by atoms with Crippen LogP contribution >= 0.6 is 0 Å². The Hall–Kier alpha value is -3.14. The molecule has 0 aliphatic carbocycles. The molecule has 0 atom stereocenters. The molecule has 0 saturated carbocycles. The number of unbranched alkanes of at least 4 members (excludes halogenated alkanes) is 4. The van der Waals surface area contributed by atoms with E-state index in [-0.39, 0.29) is 5.82 Å². The molecule has 0 heterocycles. The van der Waals surface area contributed by atoms with Crippen LogP contribution in [-0.2, 0) is 12.6 Å². The van der Waals surface area contributed by atoms with E-state index in [4.69, 9.17) is 0 Å². The molecule has 0 bridgehead atoms. The number of rotatable bonds is 8. The lowest BCUT2D eigenvalue weighted by Gasteiger charge is -2.11. The van der Waals surface area contributed by atoms with Crippen LogP contribution in [0.5, 0.6) is 0 Å². The van der Waals surface area contributed by atoms with Gasteiger partial charge in [0.25, 0.3) is 0 Å². The van der Waals surface area contributed by atoms with Crippen molar-refractivity contribution in [1.29, 1.82) is 0 Å². The minimum atomic E-state index is -4.36. The third-order valence-corrected chi connectivity index (χ3v) is 6.33. The summed E-state index contributed by atoms with van der Waals surface area (Å²) in [5.41, 5.74) is 3.26. The largest absolute Gasteiger partial charge is 0.416 e. The van der Waals surface area contributed by atoms with E-state index < -0.39 is 11.7 Å².